The van der Waals surface area contributed by atoms with Gasteiger partial charge in [0.25, 0.3) is 17.5 Å². The van der Waals surface area contributed by atoms with Crippen molar-refractivity contribution in [2.75, 3.05) is 0 Å². The molecule has 118 valence electrons. The fraction of sp³-hybridized carbons (Fsp3) is 0. The van der Waals surface area contributed by atoms with Gasteiger partial charge in [-0.05, 0) is 24.3 Å². The number of nitro groups is 1. The minimum absolute atomic E-state index is 0.0867. The molecule has 23 heavy (non-hydrogen) atoms. The molecule has 0 aliphatic rings. The summed E-state index contributed by atoms with van der Waals surface area (Å²) in [5.74, 6) is -2.59. The van der Waals surface area contributed by atoms with Crippen molar-refractivity contribution in [1.29, 1.82) is 0 Å². The van der Waals surface area contributed by atoms with Crippen molar-refractivity contribution in [3.05, 3.63) is 74.5 Å². The first-order valence-electron chi connectivity index (χ1n) is 6.19. The molecule has 0 aliphatic carbocycles. The highest BCUT2D eigenvalue weighted by Crippen LogP contribution is 2.22. The summed E-state index contributed by atoms with van der Waals surface area (Å²) < 4.78 is 13.4. The SMILES string of the molecule is O=C(NNC(=O)c1ccc(Cl)cc1[N+](=O)[O-])c1ccccc1F. The van der Waals surface area contributed by atoms with Crippen molar-refractivity contribution in [3.8, 4) is 0 Å². The summed E-state index contributed by atoms with van der Waals surface area (Å²) in [6.07, 6.45) is 0. The summed E-state index contributed by atoms with van der Waals surface area (Å²) in [7, 11) is 0. The Balaban J connectivity index is 2.13. The van der Waals surface area contributed by atoms with E-state index in [0.29, 0.717) is 0 Å². The molecule has 0 saturated heterocycles. The van der Waals surface area contributed by atoms with Gasteiger partial charge in [0.05, 0.1) is 10.5 Å². The van der Waals surface area contributed by atoms with Crippen LogP contribution in [0, 0.1) is 15.9 Å². The molecule has 0 aliphatic heterocycles. The summed E-state index contributed by atoms with van der Waals surface area (Å²) in [5.41, 5.74) is 2.88. The van der Waals surface area contributed by atoms with Crippen LogP contribution in [0.1, 0.15) is 20.7 Å². The fourth-order valence-electron chi connectivity index (χ4n) is 1.74. The maximum absolute atomic E-state index is 13.4. The summed E-state index contributed by atoms with van der Waals surface area (Å²) in [5, 5.41) is 11.0. The third-order valence-corrected chi connectivity index (χ3v) is 3.04. The Hall–Kier alpha value is -3.00. The second-order valence-corrected chi connectivity index (χ2v) is 4.74. The quantitative estimate of drug-likeness (QED) is 0.663. The Kier molecular flexibility index (Phi) is 4.87. The zero-order chi connectivity index (χ0) is 17.0. The van der Waals surface area contributed by atoms with Crippen LogP contribution in [0.15, 0.2) is 42.5 Å². The van der Waals surface area contributed by atoms with Crippen LogP contribution in [0.3, 0.4) is 0 Å². The number of hydrazine groups is 1. The number of hydrogen-bond acceptors (Lipinski definition) is 4. The fourth-order valence-corrected chi connectivity index (χ4v) is 1.91. The molecule has 0 aromatic heterocycles. The molecular formula is C14H9ClFN3O4. The summed E-state index contributed by atoms with van der Waals surface area (Å²) in [4.78, 5) is 33.8. The monoisotopic (exact) mass is 337 g/mol. The lowest BCUT2D eigenvalue weighted by atomic mass is 10.1. The van der Waals surface area contributed by atoms with Crippen molar-refractivity contribution in [3.63, 3.8) is 0 Å². The van der Waals surface area contributed by atoms with Gasteiger partial charge >= 0.3 is 0 Å². The Morgan fingerprint density at radius 1 is 1.04 bits per heavy atom. The van der Waals surface area contributed by atoms with E-state index in [4.69, 9.17) is 11.6 Å². The van der Waals surface area contributed by atoms with E-state index in [-0.39, 0.29) is 16.1 Å². The van der Waals surface area contributed by atoms with E-state index in [1.807, 2.05) is 10.9 Å². The van der Waals surface area contributed by atoms with Gasteiger partial charge in [0.1, 0.15) is 11.4 Å². The Morgan fingerprint density at radius 3 is 2.26 bits per heavy atom. The first-order valence-corrected chi connectivity index (χ1v) is 6.57. The summed E-state index contributed by atoms with van der Waals surface area (Å²) >= 11 is 5.64. The van der Waals surface area contributed by atoms with Gasteiger partial charge < -0.3 is 0 Å². The largest absolute Gasteiger partial charge is 0.283 e. The Labute approximate surface area is 134 Å². The van der Waals surface area contributed by atoms with Gasteiger partial charge in [-0.15, -0.1) is 0 Å². The predicted molar refractivity (Wildman–Crippen MR) is 79.4 cm³/mol. The highest BCUT2D eigenvalue weighted by Gasteiger charge is 2.21. The van der Waals surface area contributed by atoms with Gasteiger partial charge in [-0.2, -0.15) is 0 Å². The molecule has 9 heteroatoms. The van der Waals surface area contributed by atoms with Gasteiger partial charge in [0.2, 0.25) is 0 Å². The molecule has 0 fully saturated rings. The van der Waals surface area contributed by atoms with Gasteiger partial charge in [-0.1, -0.05) is 23.7 Å². The number of nitro benzene ring substituents is 1. The van der Waals surface area contributed by atoms with Crippen LogP contribution >= 0.6 is 11.6 Å². The molecule has 2 aromatic carbocycles. The molecule has 2 amide bonds. The second-order valence-electron chi connectivity index (χ2n) is 4.31. The van der Waals surface area contributed by atoms with Crippen LogP contribution in [0.5, 0.6) is 0 Å². The maximum atomic E-state index is 13.4. The predicted octanol–water partition coefficient (Wildman–Crippen LogP) is 2.46. The topological polar surface area (TPSA) is 101 Å². The minimum Gasteiger partial charge on any atom is -0.267 e. The first kappa shape index (κ1) is 16.4. The maximum Gasteiger partial charge on any atom is 0.283 e. The first-order chi connectivity index (χ1) is 10.9. The minimum atomic E-state index is -0.932. The van der Waals surface area contributed by atoms with Crippen molar-refractivity contribution in [1.82, 2.24) is 10.9 Å². The molecule has 0 spiro atoms. The molecule has 0 unspecified atom stereocenters. The average Bonchev–Trinajstić information content (AvgIpc) is 2.52. The number of hydrogen-bond donors (Lipinski definition) is 2. The second kappa shape index (κ2) is 6.84. The number of amides is 2. The molecule has 2 N–H and O–H groups in total. The van der Waals surface area contributed by atoms with Gasteiger partial charge in [0.15, 0.2) is 0 Å². The lowest BCUT2D eigenvalue weighted by Gasteiger charge is -2.08. The van der Waals surface area contributed by atoms with E-state index < -0.39 is 28.2 Å². The Bertz CT molecular complexity index is 797. The van der Waals surface area contributed by atoms with Crippen molar-refractivity contribution >= 4 is 29.1 Å². The van der Waals surface area contributed by atoms with E-state index in [0.717, 1.165) is 18.2 Å². The standard InChI is InChI=1S/C14H9ClFN3O4/c15-8-5-6-10(12(7-8)19(22)23)14(21)18-17-13(20)9-3-1-2-4-11(9)16/h1-7H,(H,17,20)(H,18,21). The number of carbonyl (C=O) groups excluding carboxylic acids is 2. The molecule has 0 saturated carbocycles. The van der Waals surface area contributed by atoms with Crippen LogP contribution in [0.4, 0.5) is 10.1 Å². The zero-order valence-electron chi connectivity index (χ0n) is 11.4. The Morgan fingerprint density at radius 2 is 1.65 bits per heavy atom. The van der Waals surface area contributed by atoms with Gasteiger partial charge in [-0.3, -0.25) is 30.6 Å². The number of nitrogens with zero attached hydrogens (tertiary/aromatic N) is 1. The third kappa shape index (κ3) is 3.80. The summed E-state index contributed by atoms with van der Waals surface area (Å²) in [6.45, 7) is 0. The number of carbonyl (C=O) groups is 2. The molecule has 0 heterocycles. The zero-order valence-corrected chi connectivity index (χ0v) is 12.1. The molecule has 0 atom stereocenters. The van der Waals surface area contributed by atoms with E-state index in [2.05, 4.69) is 0 Å². The van der Waals surface area contributed by atoms with E-state index in [1.165, 1.54) is 24.3 Å². The lowest BCUT2D eigenvalue weighted by molar-refractivity contribution is -0.385. The van der Waals surface area contributed by atoms with E-state index in [1.54, 1.807) is 0 Å². The molecule has 7 nitrogen and oxygen atoms in total. The van der Waals surface area contributed by atoms with Crippen molar-refractivity contribution in [2.24, 2.45) is 0 Å². The molecule has 0 radical (unpaired) electrons. The third-order valence-electron chi connectivity index (χ3n) is 2.81. The van der Waals surface area contributed by atoms with Gasteiger partial charge in [-0.25, -0.2) is 4.39 Å². The highest BCUT2D eigenvalue weighted by atomic mass is 35.5. The summed E-state index contributed by atoms with van der Waals surface area (Å²) in [6, 6.07) is 8.61. The highest BCUT2D eigenvalue weighted by molar-refractivity contribution is 6.31. The molecule has 2 aromatic rings. The van der Waals surface area contributed by atoms with E-state index >= 15 is 0 Å². The van der Waals surface area contributed by atoms with Crippen LogP contribution < -0.4 is 10.9 Å². The van der Waals surface area contributed by atoms with Gasteiger partial charge in [0, 0.05) is 11.1 Å². The molecule has 0 bridgehead atoms. The number of halogens is 2. The number of benzene rings is 2. The smallest absolute Gasteiger partial charge is 0.267 e. The van der Waals surface area contributed by atoms with Crippen molar-refractivity contribution in [2.45, 2.75) is 0 Å². The van der Waals surface area contributed by atoms with Crippen LogP contribution in [-0.4, -0.2) is 16.7 Å². The number of rotatable bonds is 3. The van der Waals surface area contributed by atoms with E-state index in [9.17, 15) is 24.1 Å². The molecule has 2 rings (SSSR count). The normalized spacial score (nSPS) is 10.0. The molecular weight excluding hydrogens is 329 g/mol. The lowest BCUT2D eigenvalue weighted by Crippen LogP contribution is -2.42. The van der Waals surface area contributed by atoms with Crippen LogP contribution in [0.25, 0.3) is 0 Å². The van der Waals surface area contributed by atoms with Crippen LogP contribution in [0.2, 0.25) is 5.02 Å². The number of nitrogens with one attached hydrogen (secondary N) is 2. The average molecular weight is 338 g/mol. The van der Waals surface area contributed by atoms with Crippen molar-refractivity contribution < 1.29 is 18.9 Å². The van der Waals surface area contributed by atoms with Crippen LogP contribution in [-0.2, 0) is 0 Å².